The smallest absolute Gasteiger partial charge is 0.122 e. The molecule has 116 valence electrons. The van der Waals surface area contributed by atoms with Crippen molar-refractivity contribution in [3.63, 3.8) is 0 Å². The quantitative estimate of drug-likeness (QED) is 0.757. The van der Waals surface area contributed by atoms with Crippen LogP contribution >= 0.6 is 12.4 Å². The van der Waals surface area contributed by atoms with Crippen LogP contribution < -0.4 is 10.7 Å². The first kappa shape index (κ1) is 15.9. The summed E-state index contributed by atoms with van der Waals surface area (Å²) in [6, 6.07) is 1.34. The number of fused-ring (bicyclic) bond motifs is 1. The number of nitrogens with zero attached hydrogens (tertiary/aromatic N) is 1. The van der Waals surface area contributed by atoms with Crippen LogP contribution in [-0.2, 0) is 0 Å². The average molecular weight is 300 g/mol. The van der Waals surface area contributed by atoms with E-state index in [1.807, 2.05) is 0 Å². The molecular formula is C16H30ClN3. The largest absolute Gasteiger partial charge is 0.369 e. The third-order valence-corrected chi connectivity index (χ3v) is 5.24. The van der Waals surface area contributed by atoms with Crippen LogP contribution in [-0.4, -0.2) is 17.9 Å². The summed E-state index contributed by atoms with van der Waals surface area (Å²) in [7, 11) is 0. The SMILES string of the molecule is C1CCC(NN=C2CCCC3CCCCC3N2)CC1.Cl. The highest BCUT2D eigenvalue weighted by atomic mass is 35.5. The van der Waals surface area contributed by atoms with Crippen molar-refractivity contribution in [2.75, 3.05) is 0 Å². The Kier molecular flexibility index (Phi) is 6.47. The van der Waals surface area contributed by atoms with E-state index < -0.39 is 0 Å². The average Bonchev–Trinajstić information content (AvgIpc) is 2.68. The molecule has 3 nitrogen and oxygen atoms in total. The molecule has 2 N–H and O–H groups in total. The van der Waals surface area contributed by atoms with Crippen LogP contribution in [0, 0.1) is 5.92 Å². The van der Waals surface area contributed by atoms with E-state index in [1.165, 1.54) is 76.5 Å². The first-order chi connectivity index (χ1) is 9.42. The van der Waals surface area contributed by atoms with Crippen LogP contribution in [0.25, 0.3) is 0 Å². The lowest BCUT2D eigenvalue weighted by molar-refractivity contribution is 0.278. The van der Waals surface area contributed by atoms with Crippen LogP contribution in [0.1, 0.15) is 77.0 Å². The van der Waals surface area contributed by atoms with E-state index in [1.54, 1.807) is 0 Å². The van der Waals surface area contributed by atoms with E-state index in [0.29, 0.717) is 12.1 Å². The minimum atomic E-state index is 0. The van der Waals surface area contributed by atoms with Gasteiger partial charge in [-0.15, -0.1) is 12.4 Å². The lowest BCUT2D eigenvalue weighted by Crippen LogP contribution is -2.41. The second kappa shape index (κ2) is 8.11. The minimum Gasteiger partial charge on any atom is -0.369 e. The van der Waals surface area contributed by atoms with Gasteiger partial charge in [-0.05, 0) is 44.4 Å². The number of halogens is 1. The molecule has 0 radical (unpaired) electrons. The van der Waals surface area contributed by atoms with E-state index in [0.717, 1.165) is 12.3 Å². The Labute approximate surface area is 129 Å². The van der Waals surface area contributed by atoms with Gasteiger partial charge in [-0.3, -0.25) is 0 Å². The molecule has 1 saturated heterocycles. The zero-order chi connectivity index (χ0) is 12.9. The van der Waals surface area contributed by atoms with Crippen molar-refractivity contribution < 1.29 is 0 Å². The third kappa shape index (κ3) is 4.28. The molecule has 0 aromatic rings. The number of hydrogen-bond donors (Lipinski definition) is 2. The van der Waals surface area contributed by atoms with Gasteiger partial charge in [-0.1, -0.05) is 32.1 Å². The molecular weight excluding hydrogens is 270 g/mol. The van der Waals surface area contributed by atoms with Crippen molar-refractivity contribution in [2.45, 2.75) is 89.1 Å². The van der Waals surface area contributed by atoms with Gasteiger partial charge >= 0.3 is 0 Å². The van der Waals surface area contributed by atoms with E-state index in [-0.39, 0.29) is 12.4 Å². The van der Waals surface area contributed by atoms with Crippen LogP contribution in [0.5, 0.6) is 0 Å². The molecule has 2 saturated carbocycles. The summed E-state index contributed by atoms with van der Waals surface area (Å²) < 4.78 is 0. The van der Waals surface area contributed by atoms with Crippen LogP contribution in [0.3, 0.4) is 0 Å². The summed E-state index contributed by atoms with van der Waals surface area (Å²) in [4.78, 5) is 0. The highest BCUT2D eigenvalue weighted by molar-refractivity contribution is 5.85. The Hall–Kier alpha value is -0.440. The van der Waals surface area contributed by atoms with Gasteiger partial charge in [-0.2, -0.15) is 5.10 Å². The molecule has 4 heteroatoms. The summed E-state index contributed by atoms with van der Waals surface area (Å²) in [6.07, 6.45) is 16.3. The normalized spacial score (nSPS) is 33.5. The second-order valence-electron chi connectivity index (χ2n) is 6.71. The number of nitrogens with one attached hydrogen (secondary N) is 2. The first-order valence-electron chi connectivity index (χ1n) is 8.50. The molecule has 0 aromatic carbocycles. The number of rotatable bonds is 2. The standard InChI is InChI=1S/C16H29N3.ClH/c1-2-9-14(10-3-1)18-19-16-12-6-8-13-7-4-5-11-15(13)17-16;/h13-15,18H,1-12H2,(H,17,19);1H. The first-order valence-corrected chi connectivity index (χ1v) is 8.50. The van der Waals surface area contributed by atoms with E-state index in [9.17, 15) is 0 Å². The Morgan fingerprint density at radius 2 is 1.55 bits per heavy atom. The van der Waals surface area contributed by atoms with Crippen LogP contribution in [0.15, 0.2) is 5.10 Å². The Morgan fingerprint density at radius 3 is 2.40 bits per heavy atom. The summed E-state index contributed by atoms with van der Waals surface area (Å²) >= 11 is 0. The highest BCUT2D eigenvalue weighted by Crippen LogP contribution is 2.30. The van der Waals surface area contributed by atoms with Gasteiger partial charge in [0.05, 0.1) is 0 Å². The van der Waals surface area contributed by atoms with Crippen molar-refractivity contribution in [3.05, 3.63) is 0 Å². The fourth-order valence-corrected chi connectivity index (χ4v) is 4.05. The summed E-state index contributed by atoms with van der Waals surface area (Å²) in [5.74, 6) is 2.15. The highest BCUT2D eigenvalue weighted by Gasteiger charge is 2.28. The Morgan fingerprint density at radius 1 is 0.850 bits per heavy atom. The number of hydrogen-bond acceptors (Lipinski definition) is 2. The molecule has 3 rings (SSSR count). The van der Waals surface area contributed by atoms with Gasteiger partial charge in [0.25, 0.3) is 0 Å². The lowest BCUT2D eigenvalue weighted by Gasteiger charge is -2.31. The fraction of sp³-hybridized carbons (Fsp3) is 0.938. The van der Waals surface area contributed by atoms with Crippen molar-refractivity contribution in [1.29, 1.82) is 0 Å². The van der Waals surface area contributed by atoms with Gasteiger partial charge < -0.3 is 10.7 Å². The predicted molar refractivity (Wildman–Crippen MR) is 87.4 cm³/mol. The molecule has 0 amide bonds. The predicted octanol–water partition coefficient (Wildman–Crippen LogP) is 3.98. The molecule has 0 aromatic heterocycles. The zero-order valence-electron chi connectivity index (χ0n) is 12.6. The van der Waals surface area contributed by atoms with Crippen molar-refractivity contribution in [2.24, 2.45) is 11.0 Å². The molecule has 2 unspecified atom stereocenters. The Bertz CT molecular complexity index is 313. The van der Waals surface area contributed by atoms with Gasteiger partial charge in [0.2, 0.25) is 0 Å². The topological polar surface area (TPSA) is 36.4 Å². The summed E-state index contributed by atoms with van der Waals surface area (Å²) in [6.45, 7) is 0. The maximum atomic E-state index is 4.71. The van der Waals surface area contributed by atoms with Gasteiger partial charge in [0, 0.05) is 18.5 Å². The lowest BCUT2D eigenvalue weighted by atomic mass is 9.82. The number of hydrazone groups is 1. The van der Waals surface area contributed by atoms with E-state index >= 15 is 0 Å². The molecule has 20 heavy (non-hydrogen) atoms. The molecule has 3 fully saturated rings. The van der Waals surface area contributed by atoms with Gasteiger partial charge in [0.1, 0.15) is 5.84 Å². The molecule has 0 spiro atoms. The van der Waals surface area contributed by atoms with Crippen molar-refractivity contribution in [3.8, 4) is 0 Å². The summed E-state index contributed by atoms with van der Waals surface area (Å²) in [5, 5.41) is 8.46. The number of amidine groups is 1. The van der Waals surface area contributed by atoms with Crippen molar-refractivity contribution >= 4 is 18.2 Å². The molecule has 0 bridgehead atoms. The van der Waals surface area contributed by atoms with Crippen LogP contribution in [0.2, 0.25) is 0 Å². The monoisotopic (exact) mass is 299 g/mol. The molecule has 3 aliphatic rings. The second-order valence-corrected chi connectivity index (χ2v) is 6.71. The van der Waals surface area contributed by atoms with Gasteiger partial charge in [0.15, 0.2) is 0 Å². The molecule has 1 aliphatic heterocycles. The summed E-state index contributed by atoms with van der Waals surface area (Å²) in [5.41, 5.74) is 3.44. The molecule has 1 heterocycles. The minimum absolute atomic E-state index is 0. The van der Waals surface area contributed by atoms with Crippen molar-refractivity contribution in [1.82, 2.24) is 10.7 Å². The van der Waals surface area contributed by atoms with Gasteiger partial charge in [-0.25, -0.2) is 0 Å². The molecule has 2 atom stereocenters. The Balaban J connectivity index is 0.00000147. The maximum Gasteiger partial charge on any atom is 0.122 e. The third-order valence-electron chi connectivity index (χ3n) is 5.24. The zero-order valence-corrected chi connectivity index (χ0v) is 13.4. The molecule has 2 aliphatic carbocycles. The fourth-order valence-electron chi connectivity index (χ4n) is 4.05. The van der Waals surface area contributed by atoms with E-state index in [2.05, 4.69) is 10.7 Å². The van der Waals surface area contributed by atoms with E-state index in [4.69, 9.17) is 5.10 Å². The van der Waals surface area contributed by atoms with Crippen LogP contribution in [0.4, 0.5) is 0 Å². The maximum absolute atomic E-state index is 4.71.